The summed E-state index contributed by atoms with van der Waals surface area (Å²) in [5.41, 5.74) is 6.36. The lowest BCUT2D eigenvalue weighted by atomic mass is 10.1. The average molecular weight is 184 g/mol. The Hall–Kier alpha value is -0.860. The van der Waals surface area contributed by atoms with Crippen molar-refractivity contribution in [2.24, 2.45) is 5.73 Å². The molecule has 0 aliphatic rings. The van der Waals surface area contributed by atoms with Gasteiger partial charge in [-0.2, -0.15) is 0 Å². The van der Waals surface area contributed by atoms with Crippen molar-refractivity contribution in [1.82, 2.24) is 0 Å². The summed E-state index contributed by atoms with van der Waals surface area (Å²) in [4.78, 5) is 10.9. The maximum absolute atomic E-state index is 10.9. The molecule has 0 spiro atoms. The van der Waals surface area contributed by atoms with Gasteiger partial charge in [0.2, 0.25) is 0 Å². The molecule has 1 aromatic carbocycles. The normalized spacial score (nSPS) is 12.6. The number of nitrogens with two attached hydrogens (primary N) is 1. The molecule has 0 amide bonds. The molecule has 0 aliphatic carbocycles. The second kappa shape index (κ2) is 3.70. The highest BCUT2D eigenvalue weighted by molar-refractivity contribution is 6.30. The molecule has 3 heteroatoms. The first-order chi connectivity index (χ1) is 5.61. The molecule has 0 fully saturated rings. The van der Waals surface area contributed by atoms with E-state index < -0.39 is 6.04 Å². The summed E-state index contributed by atoms with van der Waals surface area (Å²) in [6.07, 6.45) is 0. The first-order valence-corrected chi connectivity index (χ1v) is 4.00. The minimum atomic E-state index is -0.552. The number of hydrogen-bond acceptors (Lipinski definition) is 2. The minimum Gasteiger partial charge on any atom is -0.318 e. The van der Waals surface area contributed by atoms with Crippen molar-refractivity contribution in [1.29, 1.82) is 0 Å². The monoisotopic (exact) mass is 183 g/mol. The number of halogens is 1. The molecule has 2 N–H and O–H groups in total. The quantitative estimate of drug-likeness (QED) is 0.762. The Labute approximate surface area is 76.3 Å². The number of rotatable bonds is 2. The fourth-order valence-corrected chi connectivity index (χ4v) is 1.13. The van der Waals surface area contributed by atoms with Crippen LogP contribution in [0.2, 0.25) is 5.02 Å². The predicted octanol–water partition coefficient (Wildman–Crippen LogP) is 1.93. The van der Waals surface area contributed by atoms with Gasteiger partial charge in [-0.25, -0.2) is 0 Å². The third-order valence-corrected chi connectivity index (χ3v) is 1.88. The van der Waals surface area contributed by atoms with Crippen LogP contribution in [0.15, 0.2) is 24.3 Å². The van der Waals surface area contributed by atoms with Gasteiger partial charge in [0.25, 0.3) is 0 Å². The smallest absolute Gasteiger partial charge is 0.150 e. The van der Waals surface area contributed by atoms with Gasteiger partial charge >= 0.3 is 0 Å². The molecule has 1 rings (SSSR count). The Morgan fingerprint density at radius 1 is 1.58 bits per heavy atom. The Balaban J connectivity index is 2.95. The molecule has 0 bridgehead atoms. The molecular weight excluding hydrogens is 174 g/mol. The first kappa shape index (κ1) is 9.23. The molecule has 0 aromatic heterocycles. The molecule has 1 unspecified atom stereocenters. The summed E-state index contributed by atoms with van der Waals surface area (Å²) in [5.74, 6) is -0.0581. The van der Waals surface area contributed by atoms with Gasteiger partial charge in [0, 0.05) is 5.02 Å². The lowest BCUT2D eigenvalue weighted by Gasteiger charge is -2.07. The lowest BCUT2D eigenvalue weighted by Crippen LogP contribution is -2.18. The first-order valence-electron chi connectivity index (χ1n) is 3.63. The standard InChI is InChI=1S/C9H10ClNO/c1-6(12)9(11)7-3-2-4-8(10)5-7/h2-5,9H,11H2,1H3. The third-order valence-electron chi connectivity index (χ3n) is 1.65. The van der Waals surface area contributed by atoms with Gasteiger partial charge in [-0.3, -0.25) is 4.79 Å². The summed E-state index contributed by atoms with van der Waals surface area (Å²) < 4.78 is 0. The van der Waals surface area contributed by atoms with Gasteiger partial charge < -0.3 is 5.73 Å². The number of hydrogen-bond donors (Lipinski definition) is 1. The van der Waals surface area contributed by atoms with Crippen molar-refractivity contribution in [3.8, 4) is 0 Å². The predicted molar refractivity (Wildman–Crippen MR) is 49.1 cm³/mol. The highest BCUT2D eigenvalue weighted by Crippen LogP contribution is 2.16. The maximum atomic E-state index is 10.9. The Morgan fingerprint density at radius 2 is 2.25 bits per heavy atom. The van der Waals surface area contributed by atoms with E-state index in [-0.39, 0.29) is 5.78 Å². The SMILES string of the molecule is CC(=O)C(N)c1cccc(Cl)c1. The molecule has 0 heterocycles. The van der Waals surface area contributed by atoms with E-state index >= 15 is 0 Å². The molecule has 0 radical (unpaired) electrons. The number of Topliss-reactive ketones (excluding diaryl/α,β-unsaturated/α-hetero) is 1. The van der Waals surface area contributed by atoms with E-state index in [0.29, 0.717) is 5.02 Å². The highest BCUT2D eigenvalue weighted by atomic mass is 35.5. The van der Waals surface area contributed by atoms with E-state index in [2.05, 4.69) is 0 Å². The van der Waals surface area contributed by atoms with E-state index in [1.54, 1.807) is 24.3 Å². The number of carbonyl (C=O) groups excluding carboxylic acids is 1. The molecule has 12 heavy (non-hydrogen) atoms. The van der Waals surface area contributed by atoms with Gasteiger partial charge in [0.15, 0.2) is 5.78 Å². The third kappa shape index (κ3) is 2.06. The van der Waals surface area contributed by atoms with Crippen molar-refractivity contribution in [2.45, 2.75) is 13.0 Å². The fourth-order valence-electron chi connectivity index (χ4n) is 0.935. The van der Waals surface area contributed by atoms with Crippen molar-refractivity contribution in [3.63, 3.8) is 0 Å². The highest BCUT2D eigenvalue weighted by Gasteiger charge is 2.10. The molecule has 0 saturated heterocycles. The van der Waals surface area contributed by atoms with Gasteiger partial charge in [0.05, 0.1) is 6.04 Å². The van der Waals surface area contributed by atoms with E-state index in [1.165, 1.54) is 6.92 Å². The van der Waals surface area contributed by atoms with Crippen molar-refractivity contribution >= 4 is 17.4 Å². The Morgan fingerprint density at radius 3 is 2.75 bits per heavy atom. The van der Waals surface area contributed by atoms with Crippen LogP contribution in [-0.4, -0.2) is 5.78 Å². The van der Waals surface area contributed by atoms with E-state index in [0.717, 1.165) is 5.56 Å². The summed E-state index contributed by atoms with van der Waals surface area (Å²) >= 11 is 5.73. The summed E-state index contributed by atoms with van der Waals surface area (Å²) in [7, 11) is 0. The summed E-state index contributed by atoms with van der Waals surface area (Å²) in [6, 6.07) is 6.47. The minimum absolute atomic E-state index is 0.0581. The molecule has 1 aromatic rings. The molecule has 0 aliphatic heterocycles. The second-order valence-electron chi connectivity index (χ2n) is 2.64. The molecule has 0 saturated carbocycles. The Bertz CT molecular complexity index is 298. The van der Waals surface area contributed by atoms with Crippen LogP contribution in [0.4, 0.5) is 0 Å². The van der Waals surface area contributed by atoms with Crippen LogP contribution in [0.25, 0.3) is 0 Å². The van der Waals surface area contributed by atoms with Crippen LogP contribution in [0.5, 0.6) is 0 Å². The molecule has 2 nitrogen and oxygen atoms in total. The number of carbonyl (C=O) groups is 1. The van der Waals surface area contributed by atoms with Crippen LogP contribution in [0.1, 0.15) is 18.5 Å². The van der Waals surface area contributed by atoms with E-state index in [4.69, 9.17) is 17.3 Å². The van der Waals surface area contributed by atoms with Crippen molar-refractivity contribution in [2.75, 3.05) is 0 Å². The van der Waals surface area contributed by atoms with E-state index in [1.807, 2.05) is 0 Å². The van der Waals surface area contributed by atoms with Crippen LogP contribution in [-0.2, 0) is 4.79 Å². The van der Waals surface area contributed by atoms with Crippen LogP contribution in [0, 0.1) is 0 Å². The van der Waals surface area contributed by atoms with Crippen LogP contribution in [0.3, 0.4) is 0 Å². The van der Waals surface area contributed by atoms with Crippen molar-refractivity contribution in [3.05, 3.63) is 34.9 Å². The van der Waals surface area contributed by atoms with Crippen LogP contribution >= 0.6 is 11.6 Å². The summed E-state index contributed by atoms with van der Waals surface area (Å²) in [5, 5.41) is 0.601. The van der Waals surface area contributed by atoms with Crippen molar-refractivity contribution < 1.29 is 4.79 Å². The second-order valence-corrected chi connectivity index (χ2v) is 3.08. The van der Waals surface area contributed by atoms with Gasteiger partial charge in [-0.15, -0.1) is 0 Å². The maximum Gasteiger partial charge on any atom is 0.150 e. The molecule has 1 atom stereocenters. The topological polar surface area (TPSA) is 43.1 Å². The number of benzene rings is 1. The zero-order valence-corrected chi connectivity index (χ0v) is 7.51. The lowest BCUT2D eigenvalue weighted by molar-refractivity contribution is -0.118. The molecular formula is C9H10ClNO. The van der Waals surface area contributed by atoms with Gasteiger partial charge in [0.1, 0.15) is 0 Å². The average Bonchev–Trinajstić information content (AvgIpc) is 2.03. The zero-order chi connectivity index (χ0) is 9.14. The van der Waals surface area contributed by atoms with Crippen LogP contribution < -0.4 is 5.73 Å². The largest absolute Gasteiger partial charge is 0.318 e. The van der Waals surface area contributed by atoms with Gasteiger partial charge in [-0.1, -0.05) is 23.7 Å². The summed E-state index contributed by atoms with van der Waals surface area (Å²) in [6.45, 7) is 1.46. The number of ketones is 1. The Kier molecular flexibility index (Phi) is 2.84. The zero-order valence-electron chi connectivity index (χ0n) is 6.75. The van der Waals surface area contributed by atoms with E-state index in [9.17, 15) is 4.79 Å². The molecule has 64 valence electrons. The fraction of sp³-hybridized carbons (Fsp3) is 0.222. The van der Waals surface area contributed by atoms with Gasteiger partial charge in [-0.05, 0) is 24.6 Å².